The van der Waals surface area contributed by atoms with Gasteiger partial charge in [-0.05, 0) is 41.8 Å². The summed E-state index contributed by atoms with van der Waals surface area (Å²) in [5.41, 5.74) is 3.83. The predicted molar refractivity (Wildman–Crippen MR) is 117 cm³/mol. The Kier molecular flexibility index (Phi) is 5.50. The summed E-state index contributed by atoms with van der Waals surface area (Å²) in [4.78, 5) is 23.4. The molecule has 2 aromatic heterocycles. The van der Waals surface area contributed by atoms with Gasteiger partial charge in [-0.25, -0.2) is 9.97 Å². The molecule has 1 atom stereocenters. The predicted octanol–water partition coefficient (Wildman–Crippen LogP) is 3.46. The molecule has 5 rings (SSSR count). The molecule has 158 valence electrons. The largest absolute Gasteiger partial charge is 0.472 e. The Morgan fingerprint density at radius 2 is 2.13 bits per heavy atom. The lowest BCUT2D eigenvalue weighted by atomic mass is 10.2. The molecule has 7 nitrogen and oxygen atoms in total. The van der Waals surface area contributed by atoms with Gasteiger partial charge in [0.2, 0.25) is 5.88 Å². The second-order valence-corrected chi connectivity index (χ2v) is 7.73. The summed E-state index contributed by atoms with van der Waals surface area (Å²) in [6, 6.07) is 15.6. The van der Waals surface area contributed by atoms with Gasteiger partial charge in [0.05, 0.1) is 18.8 Å². The number of anilines is 2. The van der Waals surface area contributed by atoms with Crippen LogP contribution >= 0.6 is 0 Å². The minimum Gasteiger partial charge on any atom is -0.472 e. The number of nitrogens with zero attached hydrogens (tertiary/aromatic N) is 3. The van der Waals surface area contributed by atoms with Crippen molar-refractivity contribution in [3.8, 4) is 5.88 Å². The number of hydrogen-bond donors (Lipinski definition) is 1. The van der Waals surface area contributed by atoms with Crippen molar-refractivity contribution < 1.29 is 14.3 Å². The van der Waals surface area contributed by atoms with Gasteiger partial charge in [-0.1, -0.05) is 18.2 Å². The Morgan fingerprint density at radius 1 is 1.19 bits per heavy atom. The molecule has 4 heterocycles. The highest BCUT2D eigenvalue weighted by Gasteiger charge is 2.25. The van der Waals surface area contributed by atoms with Gasteiger partial charge in [0.15, 0.2) is 0 Å². The van der Waals surface area contributed by atoms with Crippen LogP contribution in [0.3, 0.4) is 0 Å². The minimum atomic E-state index is -0.0178. The number of hydrogen-bond acceptors (Lipinski definition) is 6. The van der Waals surface area contributed by atoms with Gasteiger partial charge in [-0.2, -0.15) is 0 Å². The highest BCUT2D eigenvalue weighted by Crippen LogP contribution is 2.28. The first-order valence-electron chi connectivity index (χ1n) is 10.6. The number of nitrogens with one attached hydrogen (secondary N) is 1. The molecule has 2 aliphatic heterocycles. The second-order valence-electron chi connectivity index (χ2n) is 7.73. The number of benzene rings is 1. The lowest BCUT2D eigenvalue weighted by Crippen LogP contribution is -2.28. The first-order chi connectivity index (χ1) is 15.3. The smallest absolute Gasteiger partial charge is 0.259 e. The fourth-order valence-electron chi connectivity index (χ4n) is 3.92. The van der Waals surface area contributed by atoms with Crippen LogP contribution in [0.5, 0.6) is 5.88 Å². The van der Waals surface area contributed by atoms with Crippen molar-refractivity contribution in [3.05, 3.63) is 77.6 Å². The standard InChI is InChI=1S/C24H24N4O3/c29-24(28-11-8-18-3-1-2-4-21(18)28)19-5-6-22(27-15-19)26-14-17-7-10-25-23(13-17)31-20-9-12-30-16-20/h1-7,10,13,15,20H,8-9,11-12,14,16H2,(H,26,27). The second kappa shape index (κ2) is 8.73. The van der Waals surface area contributed by atoms with Crippen molar-refractivity contribution in [3.63, 3.8) is 0 Å². The number of para-hydroxylation sites is 1. The maximum absolute atomic E-state index is 12.9. The van der Waals surface area contributed by atoms with E-state index >= 15 is 0 Å². The molecule has 3 aromatic rings. The van der Waals surface area contributed by atoms with Crippen LogP contribution in [0.1, 0.15) is 27.9 Å². The number of carbonyl (C=O) groups excluding carboxylic acids is 1. The zero-order chi connectivity index (χ0) is 21.0. The summed E-state index contributed by atoms with van der Waals surface area (Å²) < 4.78 is 11.2. The van der Waals surface area contributed by atoms with Crippen molar-refractivity contribution >= 4 is 17.4 Å². The number of aromatic nitrogens is 2. The van der Waals surface area contributed by atoms with Crippen molar-refractivity contribution in [2.45, 2.75) is 25.5 Å². The molecule has 1 aromatic carbocycles. The Balaban J connectivity index is 1.20. The van der Waals surface area contributed by atoms with Gasteiger partial charge in [0.1, 0.15) is 11.9 Å². The van der Waals surface area contributed by atoms with Crippen molar-refractivity contribution in [1.82, 2.24) is 9.97 Å². The third-order valence-corrected chi connectivity index (χ3v) is 5.59. The van der Waals surface area contributed by atoms with E-state index in [0.29, 0.717) is 37.0 Å². The molecule has 31 heavy (non-hydrogen) atoms. The van der Waals surface area contributed by atoms with Gasteiger partial charge in [-0.3, -0.25) is 4.79 Å². The molecule has 1 saturated heterocycles. The first-order valence-corrected chi connectivity index (χ1v) is 10.6. The van der Waals surface area contributed by atoms with E-state index in [1.54, 1.807) is 12.4 Å². The molecule has 0 saturated carbocycles. The maximum atomic E-state index is 12.9. The molecular formula is C24H24N4O3. The molecule has 1 unspecified atom stereocenters. The first kappa shape index (κ1) is 19.5. The van der Waals surface area contributed by atoms with Crippen LogP contribution in [0.25, 0.3) is 0 Å². The topological polar surface area (TPSA) is 76.6 Å². The molecule has 7 heteroatoms. The Labute approximate surface area is 181 Å². The summed E-state index contributed by atoms with van der Waals surface area (Å²) in [6.45, 7) is 2.64. The zero-order valence-electron chi connectivity index (χ0n) is 17.2. The van der Waals surface area contributed by atoms with E-state index < -0.39 is 0 Å². The maximum Gasteiger partial charge on any atom is 0.259 e. The summed E-state index contributed by atoms with van der Waals surface area (Å²) >= 11 is 0. The molecular weight excluding hydrogens is 392 g/mol. The van der Waals surface area contributed by atoms with Crippen LogP contribution in [0.2, 0.25) is 0 Å². The van der Waals surface area contributed by atoms with Crippen LogP contribution < -0.4 is 15.0 Å². The third kappa shape index (κ3) is 4.36. The molecule has 1 N–H and O–H groups in total. The van der Waals surface area contributed by atoms with E-state index in [1.165, 1.54) is 5.56 Å². The van der Waals surface area contributed by atoms with E-state index in [-0.39, 0.29) is 12.0 Å². The van der Waals surface area contributed by atoms with Gasteiger partial charge < -0.3 is 19.7 Å². The van der Waals surface area contributed by atoms with Gasteiger partial charge >= 0.3 is 0 Å². The lowest BCUT2D eigenvalue weighted by Gasteiger charge is -2.17. The Hall–Kier alpha value is -3.45. The molecule has 0 aliphatic carbocycles. The lowest BCUT2D eigenvalue weighted by molar-refractivity contribution is 0.0989. The SMILES string of the molecule is O=C(c1ccc(NCc2ccnc(OC3CCOC3)c2)nc1)N1CCc2ccccc21. The molecule has 1 fully saturated rings. The van der Waals surface area contributed by atoms with Crippen molar-refractivity contribution in [1.29, 1.82) is 0 Å². The number of carbonyl (C=O) groups is 1. The van der Waals surface area contributed by atoms with E-state index in [1.807, 2.05) is 47.4 Å². The normalized spacial score (nSPS) is 17.4. The van der Waals surface area contributed by atoms with Crippen molar-refractivity contribution in [2.24, 2.45) is 0 Å². The number of amides is 1. The Morgan fingerprint density at radius 3 is 2.97 bits per heavy atom. The van der Waals surface area contributed by atoms with Crippen molar-refractivity contribution in [2.75, 3.05) is 30.0 Å². The van der Waals surface area contributed by atoms with E-state index in [9.17, 15) is 4.79 Å². The zero-order valence-corrected chi connectivity index (χ0v) is 17.2. The van der Waals surface area contributed by atoms with Crippen LogP contribution in [0, 0.1) is 0 Å². The minimum absolute atomic E-state index is 0.0178. The number of pyridine rings is 2. The van der Waals surface area contributed by atoms with E-state index in [4.69, 9.17) is 9.47 Å². The fraction of sp³-hybridized carbons (Fsp3) is 0.292. The Bertz CT molecular complexity index is 1060. The van der Waals surface area contributed by atoms with Gasteiger partial charge in [0.25, 0.3) is 5.91 Å². The van der Waals surface area contributed by atoms with E-state index in [2.05, 4.69) is 21.4 Å². The summed E-state index contributed by atoms with van der Waals surface area (Å²) in [7, 11) is 0. The van der Waals surface area contributed by atoms with Crippen LogP contribution in [-0.2, 0) is 17.7 Å². The number of fused-ring (bicyclic) bond motifs is 1. The summed E-state index contributed by atoms with van der Waals surface area (Å²) in [5.74, 6) is 1.30. The van der Waals surface area contributed by atoms with E-state index in [0.717, 1.165) is 30.7 Å². The van der Waals surface area contributed by atoms with Crippen LogP contribution in [0.4, 0.5) is 11.5 Å². The average molecular weight is 416 g/mol. The third-order valence-electron chi connectivity index (χ3n) is 5.59. The van der Waals surface area contributed by atoms with Gasteiger partial charge in [0, 0.05) is 43.7 Å². The molecule has 2 aliphatic rings. The number of rotatable bonds is 6. The molecule has 0 bridgehead atoms. The fourth-order valence-corrected chi connectivity index (χ4v) is 3.92. The molecule has 0 radical (unpaired) electrons. The molecule has 0 spiro atoms. The van der Waals surface area contributed by atoms with Gasteiger partial charge in [-0.15, -0.1) is 0 Å². The quantitative estimate of drug-likeness (QED) is 0.663. The average Bonchev–Trinajstić information content (AvgIpc) is 3.48. The van der Waals surface area contributed by atoms with Crippen LogP contribution in [-0.4, -0.2) is 41.7 Å². The monoisotopic (exact) mass is 416 g/mol. The number of ether oxygens (including phenoxy) is 2. The highest BCUT2D eigenvalue weighted by molar-refractivity contribution is 6.07. The summed E-state index contributed by atoms with van der Waals surface area (Å²) in [5, 5.41) is 3.29. The van der Waals surface area contributed by atoms with Crippen LogP contribution in [0.15, 0.2) is 60.9 Å². The highest BCUT2D eigenvalue weighted by atomic mass is 16.5. The summed E-state index contributed by atoms with van der Waals surface area (Å²) in [6.07, 6.45) is 5.23. The molecule has 1 amide bonds.